The van der Waals surface area contributed by atoms with Gasteiger partial charge in [-0.25, -0.2) is 4.98 Å². The Labute approximate surface area is 202 Å². The molecule has 0 unspecified atom stereocenters. The third-order valence-corrected chi connectivity index (χ3v) is 5.52. The van der Waals surface area contributed by atoms with E-state index in [-0.39, 0.29) is 23.9 Å². The summed E-state index contributed by atoms with van der Waals surface area (Å²) in [5, 5.41) is 8.72. The molecule has 182 valence electrons. The van der Waals surface area contributed by atoms with Gasteiger partial charge in [0, 0.05) is 49.8 Å². The van der Waals surface area contributed by atoms with Crippen LogP contribution in [0.15, 0.2) is 59.4 Å². The number of aromatic nitrogens is 2. The zero-order chi connectivity index (χ0) is 24.6. The molecular formula is C24H27N7O4. The summed E-state index contributed by atoms with van der Waals surface area (Å²) in [6.45, 7) is 2.87. The number of carbonyl (C=O) groups is 3. The molecule has 0 radical (unpaired) electrons. The number of nitrogens with two attached hydrogens (primary N) is 1. The van der Waals surface area contributed by atoms with Crippen LogP contribution in [0.1, 0.15) is 27.5 Å². The van der Waals surface area contributed by atoms with Crippen LogP contribution in [0.5, 0.6) is 0 Å². The van der Waals surface area contributed by atoms with Crippen LogP contribution in [0, 0.1) is 0 Å². The van der Waals surface area contributed by atoms with Crippen molar-refractivity contribution < 1.29 is 18.8 Å². The smallest absolute Gasteiger partial charge is 0.287 e. The highest BCUT2D eigenvalue weighted by Crippen LogP contribution is 2.25. The first-order valence-electron chi connectivity index (χ1n) is 11.3. The van der Waals surface area contributed by atoms with E-state index < -0.39 is 17.9 Å². The fraction of sp³-hybridized carbons (Fsp3) is 0.292. The van der Waals surface area contributed by atoms with E-state index in [1.54, 1.807) is 41.3 Å². The molecule has 0 aliphatic carbocycles. The highest BCUT2D eigenvalue weighted by molar-refractivity contribution is 6.03. The molecule has 1 atom stereocenters. The maximum Gasteiger partial charge on any atom is 0.287 e. The minimum Gasteiger partial charge on any atom is -0.451 e. The molecule has 5 N–H and O–H groups in total. The third kappa shape index (κ3) is 6.08. The molecule has 1 aliphatic heterocycles. The van der Waals surface area contributed by atoms with E-state index in [9.17, 15) is 14.4 Å². The van der Waals surface area contributed by atoms with Crippen LogP contribution in [0.4, 0.5) is 5.69 Å². The molecule has 1 aliphatic rings. The van der Waals surface area contributed by atoms with Crippen LogP contribution in [0.3, 0.4) is 0 Å². The number of benzene rings is 1. The largest absolute Gasteiger partial charge is 0.451 e. The minimum absolute atomic E-state index is 0.0733. The Balaban J connectivity index is 1.43. The van der Waals surface area contributed by atoms with Gasteiger partial charge in [0.15, 0.2) is 5.76 Å². The van der Waals surface area contributed by atoms with Gasteiger partial charge in [-0.05, 0) is 37.2 Å². The van der Waals surface area contributed by atoms with Gasteiger partial charge in [-0.1, -0.05) is 12.1 Å². The first-order chi connectivity index (χ1) is 17.0. The van der Waals surface area contributed by atoms with Crippen molar-refractivity contribution in [2.45, 2.75) is 12.5 Å². The van der Waals surface area contributed by atoms with Crippen molar-refractivity contribution in [2.24, 2.45) is 5.73 Å². The van der Waals surface area contributed by atoms with Gasteiger partial charge in [0.2, 0.25) is 5.91 Å². The highest BCUT2D eigenvalue weighted by atomic mass is 16.4. The molecule has 0 bridgehead atoms. The summed E-state index contributed by atoms with van der Waals surface area (Å²) in [5.74, 6) is -0.525. The monoisotopic (exact) mass is 477 g/mol. The Bertz CT molecular complexity index is 1180. The quantitative estimate of drug-likeness (QED) is 0.372. The maximum atomic E-state index is 12.9. The van der Waals surface area contributed by atoms with E-state index in [4.69, 9.17) is 10.2 Å². The lowest BCUT2D eigenvalue weighted by Crippen LogP contribution is -2.54. The fourth-order valence-corrected chi connectivity index (χ4v) is 3.74. The van der Waals surface area contributed by atoms with Crippen LogP contribution in [-0.4, -0.2) is 71.4 Å². The summed E-state index contributed by atoms with van der Waals surface area (Å²) in [6, 6.07) is 9.49. The number of furan rings is 1. The van der Waals surface area contributed by atoms with E-state index in [0.29, 0.717) is 36.5 Å². The average Bonchev–Trinajstić information content (AvgIpc) is 3.40. The first kappa shape index (κ1) is 24.0. The number of hydrogen-bond acceptors (Lipinski definition) is 8. The molecule has 35 heavy (non-hydrogen) atoms. The van der Waals surface area contributed by atoms with Gasteiger partial charge in [0.25, 0.3) is 11.8 Å². The number of piperazine rings is 1. The lowest BCUT2D eigenvalue weighted by atomic mass is 10.1. The van der Waals surface area contributed by atoms with E-state index in [0.717, 1.165) is 13.1 Å². The van der Waals surface area contributed by atoms with Crippen molar-refractivity contribution in [1.29, 1.82) is 0 Å². The molecule has 1 aromatic carbocycles. The van der Waals surface area contributed by atoms with Crippen LogP contribution in [0.25, 0.3) is 11.3 Å². The molecule has 3 amide bonds. The van der Waals surface area contributed by atoms with E-state index in [2.05, 4.69) is 25.9 Å². The minimum atomic E-state index is -0.723. The molecule has 0 spiro atoms. The molecule has 3 heterocycles. The predicted octanol–water partition coefficient (Wildman–Crippen LogP) is 0.868. The summed E-state index contributed by atoms with van der Waals surface area (Å²) in [7, 11) is 0. The van der Waals surface area contributed by atoms with Gasteiger partial charge < -0.3 is 31.0 Å². The van der Waals surface area contributed by atoms with E-state index in [1.165, 1.54) is 18.6 Å². The van der Waals surface area contributed by atoms with Crippen LogP contribution >= 0.6 is 0 Å². The van der Waals surface area contributed by atoms with Crippen molar-refractivity contribution in [1.82, 2.24) is 25.5 Å². The Morgan fingerprint density at radius 3 is 2.69 bits per heavy atom. The maximum absolute atomic E-state index is 12.9. The first-order valence-corrected chi connectivity index (χ1v) is 11.3. The molecule has 1 fully saturated rings. The van der Waals surface area contributed by atoms with Crippen molar-refractivity contribution in [3.8, 4) is 11.3 Å². The van der Waals surface area contributed by atoms with Gasteiger partial charge in [0.05, 0.1) is 6.20 Å². The molecule has 1 saturated heterocycles. The molecular weight excluding hydrogens is 450 g/mol. The van der Waals surface area contributed by atoms with E-state index >= 15 is 0 Å². The van der Waals surface area contributed by atoms with Gasteiger partial charge in [0.1, 0.15) is 17.5 Å². The van der Waals surface area contributed by atoms with Gasteiger partial charge in [-0.3, -0.25) is 19.4 Å². The number of rotatable bonds is 8. The van der Waals surface area contributed by atoms with Crippen LogP contribution < -0.4 is 21.7 Å². The van der Waals surface area contributed by atoms with Crippen molar-refractivity contribution >= 4 is 23.4 Å². The zero-order valence-electron chi connectivity index (χ0n) is 19.1. The standard InChI is InChI=1S/C24H27N7O4/c25-7-6-18(24(34)31-12-10-26-11-13-31)30-23(33)21-5-4-20(35-21)16-2-1-3-17(14-16)29-22(32)19-15-27-8-9-28-19/h1-5,8-9,14-15,18,26H,6-7,10-13,25H2,(H,29,32)(H,30,33)/t18-/m1/s1. The Hall–Kier alpha value is -4.09. The predicted molar refractivity (Wildman–Crippen MR) is 129 cm³/mol. The number of anilines is 1. The Morgan fingerprint density at radius 2 is 1.94 bits per heavy atom. The number of carbonyl (C=O) groups excluding carboxylic acids is 3. The fourth-order valence-electron chi connectivity index (χ4n) is 3.74. The van der Waals surface area contributed by atoms with Gasteiger partial charge in [-0.15, -0.1) is 0 Å². The summed E-state index contributed by atoms with van der Waals surface area (Å²) < 4.78 is 5.77. The van der Waals surface area contributed by atoms with Crippen LogP contribution in [-0.2, 0) is 4.79 Å². The molecule has 3 aromatic rings. The SMILES string of the molecule is NCC[C@@H](NC(=O)c1ccc(-c2cccc(NC(=O)c3cnccn3)c2)o1)C(=O)N1CCNCC1. The highest BCUT2D eigenvalue weighted by Gasteiger charge is 2.27. The second-order valence-corrected chi connectivity index (χ2v) is 7.97. The second-order valence-electron chi connectivity index (χ2n) is 7.97. The normalized spacial score (nSPS) is 14.3. The Kier molecular flexibility index (Phi) is 7.81. The number of amides is 3. The molecule has 0 saturated carbocycles. The van der Waals surface area contributed by atoms with Crippen LogP contribution in [0.2, 0.25) is 0 Å². The third-order valence-electron chi connectivity index (χ3n) is 5.52. The molecule has 11 heteroatoms. The molecule has 4 rings (SSSR count). The lowest BCUT2D eigenvalue weighted by molar-refractivity contribution is -0.133. The Morgan fingerprint density at radius 1 is 1.11 bits per heavy atom. The average molecular weight is 478 g/mol. The zero-order valence-corrected chi connectivity index (χ0v) is 19.1. The molecule has 11 nitrogen and oxygen atoms in total. The van der Waals surface area contributed by atoms with E-state index in [1.807, 2.05) is 0 Å². The summed E-state index contributed by atoms with van der Waals surface area (Å²) in [5.41, 5.74) is 7.07. The number of hydrogen-bond donors (Lipinski definition) is 4. The number of nitrogens with one attached hydrogen (secondary N) is 3. The van der Waals surface area contributed by atoms with Gasteiger partial charge >= 0.3 is 0 Å². The summed E-state index contributed by atoms with van der Waals surface area (Å²) in [6.07, 6.45) is 4.63. The lowest BCUT2D eigenvalue weighted by Gasteiger charge is -2.31. The summed E-state index contributed by atoms with van der Waals surface area (Å²) in [4.78, 5) is 47.6. The summed E-state index contributed by atoms with van der Waals surface area (Å²) >= 11 is 0. The van der Waals surface area contributed by atoms with Crippen molar-refractivity contribution in [3.63, 3.8) is 0 Å². The molecule has 2 aromatic heterocycles. The number of nitrogens with zero attached hydrogens (tertiary/aromatic N) is 3. The van der Waals surface area contributed by atoms with Crippen molar-refractivity contribution in [2.75, 3.05) is 38.0 Å². The van der Waals surface area contributed by atoms with Gasteiger partial charge in [-0.2, -0.15) is 0 Å². The van der Waals surface area contributed by atoms with Crippen molar-refractivity contribution in [3.05, 3.63) is 66.4 Å². The topological polar surface area (TPSA) is 155 Å². The second kappa shape index (κ2) is 11.4.